The summed E-state index contributed by atoms with van der Waals surface area (Å²) in [5.41, 5.74) is 1.41. The van der Waals surface area contributed by atoms with E-state index < -0.39 is 5.91 Å². The number of amides is 1. The Hall–Kier alpha value is -3.14. The Morgan fingerprint density at radius 3 is 2.50 bits per heavy atom. The fraction of sp³-hybridized carbons (Fsp3) is 0. The van der Waals surface area contributed by atoms with Crippen molar-refractivity contribution in [2.24, 2.45) is 0 Å². The number of anilines is 1. The maximum Gasteiger partial charge on any atom is 0.266 e. The summed E-state index contributed by atoms with van der Waals surface area (Å²) >= 11 is 11.8. The Morgan fingerprint density at radius 1 is 1.15 bits per heavy atom. The van der Waals surface area contributed by atoms with E-state index in [0.717, 1.165) is 5.69 Å². The third-order valence-corrected chi connectivity index (χ3v) is 3.71. The summed E-state index contributed by atoms with van der Waals surface area (Å²) in [5, 5.41) is 21.0. The van der Waals surface area contributed by atoms with Crippen molar-refractivity contribution in [3.8, 4) is 11.8 Å². The lowest BCUT2D eigenvalue weighted by molar-refractivity contribution is -0.112. The summed E-state index contributed by atoms with van der Waals surface area (Å²) in [7, 11) is 0. The van der Waals surface area contributed by atoms with E-state index in [1.165, 1.54) is 29.2 Å². The van der Waals surface area contributed by atoms with Crippen LogP contribution in [0.5, 0.6) is 0 Å². The molecule has 1 aromatic heterocycles. The quantitative estimate of drug-likeness (QED) is 0.542. The van der Waals surface area contributed by atoms with Crippen LogP contribution in [0.15, 0.2) is 60.3 Å². The van der Waals surface area contributed by atoms with Crippen molar-refractivity contribution >= 4 is 40.9 Å². The van der Waals surface area contributed by atoms with Gasteiger partial charge in [0.1, 0.15) is 17.3 Å². The first-order valence-corrected chi connectivity index (χ1v) is 8.18. The van der Waals surface area contributed by atoms with Gasteiger partial charge in [-0.2, -0.15) is 15.2 Å². The molecule has 6 nitrogen and oxygen atoms in total. The van der Waals surface area contributed by atoms with Gasteiger partial charge in [0.2, 0.25) is 0 Å². The van der Waals surface area contributed by atoms with E-state index in [0.29, 0.717) is 21.4 Å². The van der Waals surface area contributed by atoms with Gasteiger partial charge in [-0.1, -0.05) is 41.4 Å². The molecule has 0 bridgehead atoms. The molecular weight excluding hydrogens is 373 g/mol. The predicted octanol–water partition coefficient (Wildman–Crippen LogP) is 4.12. The lowest BCUT2D eigenvalue weighted by Crippen LogP contribution is -2.13. The van der Waals surface area contributed by atoms with E-state index in [9.17, 15) is 10.1 Å². The van der Waals surface area contributed by atoms with Crippen LogP contribution in [0, 0.1) is 11.3 Å². The zero-order valence-electron chi connectivity index (χ0n) is 13.2. The van der Waals surface area contributed by atoms with Gasteiger partial charge in [0, 0.05) is 15.7 Å². The number of rotatable bonds is 4. The highest BCUT2D eigenvalue weighted by molar-refractivity contribution is 6.35. The fourth-order valence-corrected chi connectivity index (χ4v) is 2.67. The lowest BCUT2D eigenvalue weighted by Gasteiger charge is -2.05. The predicted molar refractivity (Wildman–Crippen MR) is 100 cm³/mol. The molecule has 0 radical (unpaired) electrons. The molecule has 128 valence electrons. The summed E-state index contributed by atoms with van der Waals surface area (Å²) in [6.45, 7) is 0. The first kappa shape index (κ1) is 17.7. The second-order valence-corrected chi connectivity index (χ2v) is 6.05. The van der Waals surface area contributed by atoms with Crippen LogP contribution in [0.25, 0.3) is 11.8 Å². The van der Waals surface area contributed by atoms with Crippen molar-refractivity contribution in [1.29, 1.82) is 5.26 Å². The van der Waals surface area contributed by atoms with Crippen molar-refractivity contribution in [2.75, 3.05) is 5.32 Å². The van der Waals surface area contributed by atoms with Crippen LogP contribution in [-0.2, 0) is 4.79 Å². The molecule has 0 saturated carbocycles. The van der Waals surface area contributed by atoms with E-state index >= 15 is 0 Å². The van der Waals surface area contributed by atoms with Crippen LogP contribution in [0.2, 0.25) is 10.0 Å². The zero-order valence-corrected chi connectivity index (χ0v) is 14.7. The van der Waals surface area contributed by atoms with Crippen molar-refractivity contribution < 1.29 is 4.79 Å². The normalized spacial score (nSPS) is 11.0. The van der Waals surface area contributed by atoms with Gasteiger partial charge in [-0.15, -0.1) is 5.10 Å². The molecule has 0 aliphatic carbocycles. The first-order valence-electron chi connectivity index (χ1n) is 7.42. The maximum absolute atomic E-state index is 12.3. The highest BCUT2D eigenvalue weighted by Crippen LogP contribution is 2.23. The summed E-state index contributed by atoms with van der Waals surface area (Å²) in [4.78, 5) is 13.7. The smallest absolute Gasteiger partial charge is 0.266 e. The number of nitriles is 1. The summed E-state index contributed by atoms with van der Waals surface area (Å²) in [6, 6.07) is 15.8. The molecule has 1 heterocycles. The fourth-order valence-electron chi connectivity index (χ4n) is 2.15. The van der Waals surface area contributed by atoms with E-state index in [1.807, 2.05) is 36.4 Å². The minimum Gasteiger partial charge on any atom is -0.321 e. The van der Waals surface area contributed by atoms with Gasteiger partial charge in [0.05, 0.1) is 11.9 Å². The van der Waals surface area contributed by atoms with Crippen LogP contribution in [0.4, 0.5) is 5.69 Å². The topological polar surface area (TPSA) is 83.6 Å². The number of carbonyl (C=O) groups is 1. The third kappa shape index (κ3) is 4.28. The number of aromatic nitrogens is 3. The van der Waals surface area contributed by atoms with Crippen LogP contribution in [0.3, 0.4) is 0 Å². The Balaban J connectivity index is 1.81. The molecule has 0 spiro atoms. The van der Waals surface area contributed by atoms with E-state index in [4.69, 9.17) is 23.2 Å². The average molecular weight is 384 g/mol. The molecule has 1 N–H and O–H groups in total. The van der Waals surface area contributed by atoms with Gasteiger partial charge < -0.3 is 5.32 Å². The molecule has 0 unspecified atom stereocenters. The van der Waals surface area contributed by atoms with Crippen molar-refractivity contribution in [3.05, 3.63) is 76.0 Å². The van der Waals surface area contributed by atoms with Crippen molar-refractivity contribution in [3.63, 3.8) is 0 Å². The molecule has 0 saturated heterocycles. The monoisotopic (exact) mass is 383 g/mol. The summed E-state index contributed by atoms with van der Waals surface area (Å²) in [6.07, 6.45) is 2.82. The zero-order chi connectivity index (χ0) is 18.5. The number of hydrogen-bond acceptors (Lipinski definition) is 4. The number of nitrogens with one attached hydrogen (secondary N) is 1. The number of halogens is 2. The molecular formula is C18H11Cl2N5O. The number of benzene rings is 2. The molecule has 3 rings (SSSR count). The van der Waals surface area contributed by atoms with Crippen LogP contribution in [-0.4, -0.2) is 20.9 Å². The Kier molecular flexibility index (Phi) is 5.32. The molecule has 2 aromatic carbocycles. The molecule has 0 aliphatic rings. The molecule has 0 atom stereocenters. The average Bonchev–Trinajstić information content (AvgIpc) is 3.08. The first-order chi connectivity index (χ1) is 12.5. The standard InChI is InChI=1S/C18H11Cl2N5O/c19-13-7-14(20)9-15(8-13)23-18(26)12(10-21)6-16-11-22-25(24-16)17-4-2-1-3-5-17/h1-9,11H,(H,23,26)/b12-6+. The maximum atomic E-state index is 12.3. The van der Waals surface area contributed by atoms with Crippen LogP contribution in [0.1, 0.15) is 5.69 Å². The minimum atomic E-state index is -0.597. The van der Waals surface area contributed by atoms with Crippen molar-refractivity contribution in [2.45, 2.75) is 0 Å². The number of carbonyl (C=O) groups excluding carboxylic acids is 1. The van der Waals surface area contributed by atoms with E-state index in [-0.39, 0.29) is 5.57 Å². The molecule has 0 aliphatic heterocycles. The van der Waals surface area contributed by atoms with Gasteiger partial charge in [0.15, 0.2) is 0 Å². The molecule has 0 fully saturated rings. The van der Waals surface area contributed by atoms with Crippen LogP contribution >= 0.6 is 23.2 Å². The Bertz CT molecular complexity index is 1000. The summed E-state index contributed by atoms with van der Waals surface area (Å²) < 4.78 is 0. The Labute approximate surface area is 159 Å². The number of para-hydroxylation sites is 1. The highest BCUT2D eigenvalue weighted by Gasteiger charge is 2.12. The van der Waals surface area contributed by atoms with Gasteiger partial charge in [-0.25, -0.2) is 0 Å². The molecule has 1 amide bonds. The number of nitrogens with zero attached hydrogens (tertiary/aromatic N) is 4. The molecule has 26 heavy (non-hydrogen) atoms. The largest absolute Gasteiger partial charge is 0.321 e. The highest BCUT2D eigenvalue weighted by atomic mass is 35.5. The third-order valence-electron chi connectivity index (χ3n) is 3.27. The minimum absolute atomic E-state index is 0.124. The van der Waals surface area contributed by atoms with Gasteiger partial charge in [-0.05, 0) is 36.4 Å². The van der Waals surface area contributed by atoms with E-state index in [2.05, 4.69) is 15.5 Å². The van der Waals surface area contributed by atoms with E-state index in [1.54, 1.807) is 6.07 Å². The molecule has 8 heteroatoms. The summed E-state index contributed by atoms with van der Waals surface area (Å²) in [5.74, 6) is -0.597. The SMILES string of the molecule is N#C/C(=C\c1cnn(-c2ccccc2)n1)C(=O)Nc1cc(Cl)cc(Cl)c1. The van der Waals surface area contributed by atoms with Crippen LogP contribution < -0.4 is 5.32 Å². The van der Waals surface area contributed by atoms with Gasteiger partial charge in [-0.3, -0.25) is 4.79 Å². The molecule has 3 aromatic rings. The van der Waals surface area contributed by atoms with Gasteiger partial charge in [0.25, 0.3) is 5.91 Å². The lowest BCUT2D eigenvalue weighted by atomic mass is 10.2. The van der Waals surface area contributed by atoms with Crippen molar-refractivity contribution in [1.82, 2.24) is 15.0 Å². The second kappa shape index (κ2) is 7.83. The second-order valence-electron chi connectivity index (χ2n) is 5.18. The number of hydrogen-bond donors (Lipinski definition) is 1. The Morgan fingerprint density at radius 2 is 1.85 bits per heavy atom. The van der Waals surface area contributed by atoms with Gasteiger partial charge >= 0.3 is 0 Å².